The number of primary amides is 1. The molecule has 23 heavy (non-hydrogen) atoms. The predicted octanol–water partition coefficient (Wildman–Crippen LogP) is 3.63. The molecule has 0 radical (unpaired) electrons. The minimum absolute atomic E-state index is 0.254. The molecule has 0 fully saturated rings. The normalized spacial score (nSPS) is 10.5. The molecular formula is C17H13BrN4O. The molecule has 0 aliphatic rings. The lowest BCUT2D eigenvalue weighted by Crippen LogP contribution is -2.11. The van der Waals surface area contributed by atoms with E-state index < -0.39 is 5.91 Å². The van der Waals surface area contributed by atoms with Crippen molar-refractivity contribution in [2.24, 2.45) is 5.73 Å². The summed E-state index contributed by atoms with van der Waals surface area (Å²) in [5.41, 5.74) is 7.85. The van der Waals surface area contributed by atoms with Gasteiger partial charge in [0.1, 0.15) is 12.1 Å². The van der Waals surface area contributed by atoms with Crippen LogP contribution in [0.25, 0.3) is 16.5 Å². The van der Waals surface area contributed by atoms with Gasteiger partial charge in [-0.15, -0.1) is 0 Å². The van der Waals surface area contributed by atoms with Crippen molar-refractivity contribution in [3.05, 3.63) is 65.4 Å². The van der Waals surface area contributed by atoms with Gasteiger partial charge in [-0.3, -0.25) is 4.79 Å². The molecule has 3 N–H and O–H groups in total. The van der Waals surface area contributed by atoms with Gasteiger partial charge in [0.2, 0.25) is 5.91 Å². The van der Waals surface area contributed by atoms with E-state index in [1.165, 1.54) is 6.33 Å². The number of nitrogens with one attached hydrogen (secondary N) is 1. The maximum atomic E-state index is 11.3. The van der Waals surface area contributed by atoms with E-state index in [1.807, 2.05) is 36.4 Å². The molecule has 0 aliphatic heterocycles. The molecule has 6 heteroatoms. The van der Waals surface area contributed by atoms with Crippen LogP contribution in [0, 0.1) is 0 Å². The van der Waals surface area contributed by atoms with Gasteiger partial charge in [-0.2, -0.15) is 0 Å². The molecule has 3 aromatic rings. The van der Waals surface area contributed by atoms with Crippen molar-refractivity contribution in [3.63, 3.8) is 0 Å². The minimum atomic E-state index is -0.553. The van der Waals surface area contributed by atoms with E-state index in [-0.39, 0.29) is 5.57 Å². The van der Waals surface area contributed by atoms with Crippen LogP contribution >= 0.6 is 15.9 Å². The quantitative estimate of drug-likeness (QED) is 0.688. The van der Waals surface area contributed by atoms with Gasteiger partial charge in [0, 0.05) is 21.1 Å². The zero-order valence-electron chi connectivity index (χ0n) is 12.1. The van der Waals surface area contributed by atoms with Gasteiger partial charge in [0.15, 0.2) is 0 Å². The van der Waals surface area contributed by atoms with Gasteiger partial charge in [-0.05, 0) is 35.9 Å². The fraction of sp³-hybridized carbons (Fsp3) is 0. The first-order chi connectivity index (χ1) is 11.0. The monoisotopic (exact) mass is 368 g/mol. The van der Waals surface area contributed by atoms with Crippen LogP contribution in [0.15, 0.2) is 59.8 Å². The number of hydrogen-bond acceptors (Lipinski definition) is 4. The number of fused-ring (bicyclic) bond motifs is 1. The van der Waals surface area contributed by atoms with Crippen molar-refractivity contribution in [3.8, 4) is 0 Å². The highest BCUT2D eigenvalue weighted by Crippen LogP contribution is 2.27. The van der Waals surface area contributed by atoms with Crippen LogP contribution in [0.2, 0.25) is 0 Å². The Kier molecular flexibility index (Phi) is 4.08. The Labute approximate surface area is 141 Å². The van der Waals surface area contributed by atoms with Crippen molar-refractivity contribution in [1.29, 1.82) is 0 Å². The average Bonchev–Trinajstić information content (AvgIpc) is 2.54. The van der Waals surface area contributed by atoms with Crippen LogP contribution in [0.4, 0.5) is 11.5 Å². The van der Waals surface area contributed by atoms with Crippen molar-refractivity contribution >= 4 is 49.8 Å². The average molecular weight is 369 g/mol. The zero-order chi connectivity index (χ0) is 16.4. The fourth-order valence-electron chi connectivity index (χ4n) is 2.19. The number of carbonyl (C=O) groups is 1. The molecule has 5 nitrogen and oxygen atoms in total. The summed E-state index contributed by atoms with van der Waals surface area (Å²) >= 11 is 3.44. The maximum absolute atomic E-state index is 11.3. The Morgan fingerprint density at radius 2 is 2.00 bits per heavy atom. The Hall–Kier alpha value is -2.73. The number of benzene rings is 2. The molecule has 0 spiro atoms. The second-order valence-corrected chi connectivity index (χ2v) is 5.85. The molecule has 0 unspecified atom stereocenters. The number of hydrogen-bond donors (Lipinski definition) is 2. The number of nitrogens with two attached hydrogens (primary N) is 1. The van der Waals surface area contributed by atoms with Crippen LogP contribution in [0.1, 0.15) is 5.56 Å². The van der Waals surface area contributed by atoms with E-state index in [0.29, 0.717) is 11.4 Å². The number of aromatic nitrogens is 2. The van der Waals surface area contributed by atoms with E-state index in [2.05, 4.69) is 37.8 Å². The molecule has 2 aromatic carbocycles. The Morgan fingerprint density at radius 1 is 1.17 bits per heavy atom. The summed E-state index contributed by atoms with van der Waals surface area (Å²) in [4.78, 5) is 19.9. The molecule has 3 rings (SSSR count). The SMILES string of the molecule is C=C(C(N)=O)c1ccc2ncnc(Nc3cccc(Br)c3)c2c1. The van der Waals surface area contributed by atoms with E-state index in [1.54, 1.807) is 6.07 Å². The van der Waals surface area contributed by atoms with Gasteiger partial charge < -0.3 is 11.1 Å². The summed E-state index contributed by atoms with van der Waals surface area (Å²) in [7, 11) is 0. The Morgan fingerprint density at radius 3 is 2.74 bits per heavy atom. The summed E-state index contributed by atoms with van der Waals surface area (Å²) in [5.74, 6) is 0.0925. The Balaban J connectivity index is 2.07. The molecular weight excluding hydrogens is 356 g/mol. The topological polar surface area (TPSA) is 80.9 Å². The van der Waals surface area contributed by atoms with E-state index in [4.69, 9.17) is 5.73 Å². The molecule has 0 saturated carbocycles. The summed E-state index contributed by atoms with van der Waals surface area (Å²) in [6.07, 6.45) is 1.49. The van der Waals surface area contributed by atoms with Crippen LogP contribution in [-0.2, 0) is 4.79 Å². The second kappa shape index (κ2) is 6.18. The van der Waals surface area contributed by atoms with Crippen molar-refractivity contribution in [2.75, 3.05) is 5.32 Å². The molecule has 1 aromatic heterocycles. The fourth-order valence-corrected chi connectivity index (χ4v) is 2.59. The highest BCUT2D eigenvalue weighted by Gasteiger charge is 2.10. The van der Waals surface area contributed by atoms with Gasteiger partial charge in [0.25, 0.3) is 0 Å². The van der Waals surface area contributed by atoms with Gasteiger partial charge in [0.05, 0.1) is 5.52 Å². The lowest BCUT2D eigenvalue weighted by Gasteiger charge is -2.10. The van der Waals surface area contributed by atoms with Crippen LogP contribution < -0.4 is 11.1 Å². The molecule has 114 valence electrons. The third-order valence-corrected chi connectivity index (χ3v) is 3.86. The summed E-state index contributed by atoms with van der Waals surface area (Å²) in [5, 5.41) is 4.04. The smallest absolute Gasteiger partial charge is 0.248 e. The number of halogens is 1. The Bertz CT molecular complexity index is 923. The highest BCUT2D eigenvalue weighted by molar-refractivity contribution is 9.10. The maximum Gasteiger partial charge on any atom is 0.248 e. The third kappa shape index (κ3) is 3.22. The number of rotatable bonds is 4. The number of amides is 1. The first-order valence-corrected chi connectivity index (χ1v) is 7.60. The summed E-state index contributed by atoms with van der Waals surface area (Å²) in [6, 6.07) is 13.1. The van der Waals surface area contributed by atoms with Gasteiger partial charge in [-0.1, -0.05) is 34.6 Å². The van der Waals surface area contributed by atoms with Gasteiger partial charge in [-0.25, -0.2) is 9.97 Å². The lowest BCUT2D eigenvalue weighted by molar-refractivity contribution is -0.112. The van der Waals surface area contributed by atoms with Crippen LogP contribution in [0.5, 0.6) is 0 Å². The van der Waals surface area contributed by atoms with E-state index in [0.717, 1.165) is 21.1 Å². The first kappa shape index (κ1) is 15.2. The predicted molar refractivity (Wildman–Crippen MR) is 95.2 cm³/mol. The largest absolute Gasteiger partial charge is 0.366 e. The first-order valence-electron chi connectivity index (χ1n) is 6.81. The van der Waals surface area contributed by atoms with Crippen LogP contribution in [0.3, 0.4) is 0 Å². The van der Waals surface area contributed by atoms with Gasteiger partial charge >= 0.3 is 0 Å². The minimum Gasteiger partial charge on any atom is -0.366 e. The lowest BCUT2D eigenvalue weighted by atomic mass is 10.0. The highest BCUT2D eigenvalue weighted by atomic mass is 79.9. The number of nitrogens with zero attached hydrogens (tertiary/aromatic N) is 2. The number of carbonyl (C=O) groups excluding carboxylic acids is 1. The second-order valence-electron chi connectivity index (χ2n) is 4.93. The third-order valence-electron chi connectivity index (χ3n) is 3.37. The summed E-state index contributed by atoms with van der Waals surface area (Å²) in [6.45, 7) is 3.71. The van der Waals surface area contributed by atoms with Crippen molar-refractivity contribution in [2.45, 2.75) is 0 Å². The number of anilines is 2. The molecule has 0 aliphatic carbocycles. The molecule has 0 bridgehead atoms. The van der Waals surface area contributed by atoms with Crippen molar-refractivity contribution < 1.29 is 4.79 Å². The standard InChI is InChI=1S/C17H13BrN4O/c1-10(16(19)23)11-5-6-15-14(7-11)17(21-9-20-15)22-13-4-2-3-12(18)8-13/h2-9H,1H2,(H2,19,23)(H,20,21,22). The van der Waals surface area contributed by atoms with E-state index in [9.17, 15) is 4.79 Å². The molecule has 1 heterocycles. The van der Waals surface area contributed by atoms with Crippen LogP contribution in [-0.4, -0.2) is 15.9 Å². The van der Waals surface area contributed by atoms with E-state index >= 15 is 0 Å². The van der Waals surface area contributed by atoms with Crippen molar-refractivity contribution in [1.82, 2.24) is 9.97 Å². The summed E-state index contributed by atoms with van der Waals surface area (Å²) < 4.78 is 0.962. The molecule has 0 saturated heterocycles. The molecule has 0 atom stereocenters. The zero-order valence-corrected chi connectivity index (χ0v) is 13.7. The molecule has 1 amide bonds.